The zero-order valence-electron chi connectivity index (χ0n) is 14.6. The summed E-state index contributed by atoms with van der Waals surface area (Å²) in [5.74, 6) is 1.30. The molecular weight excluding hydrogens is 300 g/mol. The first kappa shape index (κ1) is 17.9. The highest BCUT2D eigenvalue weighted by Crippen LogP contribution is 2.19. The third-order valence-electron chi connectivity index (χ3n) is 3.83. The molecule has 0 saturated heterocycles. The Balaban J connectivity index is 1.70. The van der Waals surface area contributed by atoms with E-state index in [1.54, 1.807) is 0 Å². The Labute approximate surface area is 144 Å². The summed E-state index contributed by atoms with van der Waals surface area (Å²) in [5, 5.41) is 5.73. The Morgan fingerprint density at radius 2 is 1.71 bits per heavy atom. The van der Waals surface area contributed by atoms with Crippen LogP contribution in [-0.4, -0.2) is 19.2 Å². The van der Waals surface area contributed by atoms with Gasteiger partial charge in [-0.3, -0.25) is 0 Å². The monoisotopic (exact) mass is 326 g/mol. The molecule has 0 aliphatic rings. The second-order valence-electron chi connectivity index (χ2n) is 6.11. The van der Waals surface area contributed by atoms with Crippen LogP contribution in [0.1, 0.15) is 43.9 Å². The first-order chi connectivity index (χ1) is 11.6. The van der Waals surface area contributed by atoms with Crippen molar-refractivity contribution < 1.29 is 9.53 Å². The van der Waals surface area contributed by atoms with Crippen LogP contribution in [0.25, 0.3) is 0 Å². The smallest absolute Gasteiger partial charge is 0.315 e. The molecule has 0 aromatic heterocycles. The molecule has 0 radical (unpaired) electrons. The van der Waals surface area contributed by atoms with Gasteiger partial charge in [-0.25, -0.2) is 4.79 Å². The molecule has 4 heteroatoms. The lowest BCUT2D eigenvalue weighted by Gasteiger charge is -2.15. The van der Waals surface area contributed by atoms with E-state index in [-0.39, 0.29) is 12.1 Å². The van der Waals surface area contributed by atoms with Crippen LogP contribution in [0.15, 0.2) is 54.6 Å². The molecule has 2 aromatic carbocycles. The fourth-order valence-corrected chi connectivity index (χ4v) is 2.37. The van der Waals surface area contributed by atoms with E-state index in [1.165, 1.54) is 5.56 Å². The normalized spacial score (nSPS) is 11.8. The van der Waals surface area contributed by atoms with Crippen molar-refractivity contribution in [3.63, 3.8) is 0 Å². The lowest BCUT2D eigenvalue weighted by molar-refractivity contribution is 0.233. The summed E-state index contributed by atoms with van der Waals surface area (Å²) in [5.41, 5.74) is 2.32. The van der Waals surface area contributed by atoms with Gasteiger partial charge in [0.2, 0.25) is 0 Å². The number of nitrogens with one attached hydrogen (secondary N) is 2. The van der Waals surface area contributed by atoms with Gasteiger partial charge in [-0.15, -0.1) is 0 Å². The first-order valence-corrected chi connectivity index (χ1v) is 8.38. The van der Waals surface area contributed by atoms with Gasteiger partial charge in [-0.2, -0.15) is 0 Å². The highest BCUT2D eigenvalue weighted by molar-refractivity contribution is 5.74. The van der Waals surface area contributed by atoms with E-state index in [1.807, 2.05) is 55.5 Å². The van der Waals surface area contributed by atoms with E-state index >= 15 is 0 Å². The minimum absolute atomic E-state index is 0.0326. The fourth-order valence-electron chi connectivity index (χ4n) is 2.37. The van der Waals surface area contributed by atoms with Crippen LogP contribution in [0.4, 0.5) is 4.79 Å². The summed E-state index contributed by atoms with van der Waals surface area (Å²) in [6.07, 6.45) is 0. The lowest BCUT2D eigenvalue weighted by Crippen LogP contribution is -2.38. The van der Waals surface area contributed by atoms with E-state index in [4.69, 9.17) is 4.74 Å². The minimum atomic E-state index is -0.189. The number of carbonyl (C=O) groups excluding carboxylic acids is 1. The van der Waals surface area contributed by atoms with Gasteiger partial charge in [0.1, 0.15) is 12.4 Å². The molecule has 0 heterocycles. The molecule has 1 unspecified atom stereocenters. The van der Waals surface area contributed by atoms with Gasteiger partial charge in [-0.1, -0.05) is 56.3 Å². The van der Waals surface area contributed by atoms with E-state index in [0.29, 0.717) is 19.1 Å². The van der Waals surface area contributed by atoms with Crippen molar-refractivity contribution in [2.75, 3.05) is 13.2 Å². The standard InChI is InChI=1S/C20H26N2O2/c1-15(2)18-10-7-11-19(14-18)24-13-12-21-20(23)22-16(3)17-8-5-4-6-9-17/h4-11,14-16H,12-13H2,1-3H3,(H2,21,22,23). The van der Waals surface area contributed by atoms with Gasteiger partial charge in [-0.05, 0) is 36.1 Å². The van der Waals surface area contributed by atoms with Crippen LogP contribution in [0.2, 0.25) is 0 Å². The van der Waals surface area contributed by atoms with Crippen molar-refractivity contribution in [2.45, 2.75) is 32.7 Å². The molecular formula is C20H26N2O2. The fraction of sp³-hybridized carbons (Fsp3) is 0.350. The van der Waals surface area contributed by atoms with Gasteiger partial charge in [0.25, 0.3) is 0 Å². The average molecular weight is 326 g/mol. The predicted octanol–water partition coefficient (Wildman–Crippen LogP) is 4.25. The number of benzene rings is 2. The molecule has 128 valence electrons. The van der Waals surface area contributed by atoms with Crippen molar-refractivity contribution in [1.82, 2.24) is 10.6 Å². The Morgan fingerprint density at radius 3 is 2.42 bits per heavy atom. The minimum Gasteiger partial charge on any atom is -0.492 e. The quantitative estimate of drug-likeness (QED) is 0.747. The van der Waals surface area contributed by atoms with Crippen molar-refractivity contribution >= 4 is 6.03 Å². The maximum atomic E-state index is 11.9. The van der Waals surface area contributed by atoms with E-state index in [2.05, 4.69) is 30.5 Å². The maximum Gasteiger partial charge on any atom is 0.315 e. The summed E-state index contributed by atoms with van der Waals surface area (Å²) in [4.78, 5) is 11.9. The molecule has 2 amide bonds. The molecule has 0 spiro atoms. The first-order valence-electron chi connectivity index (χ1n) is 8.38. The third kappa shape index (κ3) is 5.61. The number of rotatable bonds is 7. The molecule has 2 aromatic rings. The van der Waals surface area contributed by atoms with Crippen molar-refractivity contribution in [2.24, 2.45) is 0 Å². The zero-order chi connectivity index (χ0) is 17.4. The topological polar surface area (TPSA) is 50.4 Å². The molecule has 4 nitrogen and oxygen atoms in total. The van der Waals surface area contributed by atoms with Gasteiger partial charge in [0, 0.05) is 0 Å². The number of amides is 2. The van der Waals surface area contributed by atoms with Crippen LogP contribution in [0, 0.1) is 0 Å². The predicted molar refractivity (Wildman–Crippen MR) is 97.4 cm³/mol. The molecule has 2 N–H and O–H groups in total. The molecule has 0 saturated carbocycles. The Morgan fingerprint density at radius 1 is 1.00 bits per heavy atom. The third-order valence-corrected chi connectivity index (χ3v) is 3.83. The van der Waals surface area contributed by atoms with Gasteiger partial charge >= 0.3 is 6.03 Å². The number of ether oxygens (including phenoxy) is 1. The van der Waals surface area contributed by atoms with Crippen molar-refractivity contribution in [3.8, 4) is 5.75 Å². The zero-order valence-corrected chi connectivity index (χ0v) is 14.6. The van der Waals surface area contributed by atoms with Crippen molar-refractivity contribution in [3.05, 3.63) is 65.7 Å². The van der Waals surface area contributed by atoms with E-state index in [0.717, 1.165) is 11.3 Å². The largest absolute Gasteiger partial charge is 0.492 e. The maximum absolute atomic E-state index is 11.9. The molecule has 2 rings (SSSR count). The van der Waals surface area contributed by atoms with Crippen LogP contribution in [-0.2, 0) is 0 Å². The SMILES string of the molecule is CC(C)c1cccc(OCCNC(=O)NC(C)c2ccccc2)c1. The number of hydrogen-bond acceptors (Lipinski definition) is 2. The number of carbonyl (C=O) groups is 1. The molecule has 0 bridgehead atoms. The van der Waals surface area contributed by atoms with Gasteiger partial charge in [0.15, 0.2) is 0 Å². The second kappa shape index (κ2) is 8.96. The summed E-state index contributed by atoms with van der Waals surface area (Å²) in [7, 11) is 0. The summed E-state index contributed by atoms with van der Waals surface area (Å²) in [6.45, 7) is 7.16. The number of hydrogen-bond donors (Lipinski definition) is 2. The summed E-state index contributed by atoms with van der Waals surface area (Å²) >= 11 is 0. The highest BCUT2D eigenvalue weighted by atomic mass is 16.5. The Hall–Kier alpha value is -2.49. The number of urea groups is 1. The van der Waals surface area contributed by atoms with Gasteiger partial charge in [0.05, 0.1) is 12.6 Å². The molecule has 1 atom stereocenters. The summed E-state index contributed by atoms with van der Waals surface area (Å²) < 4.78 is 5.69. The lowest BCUT2D eigenvalue weighted by atomic mass is 10.0. The molecule has 0 fully saturated rings. The van der Waals surface area contributed by atoms with Crippen molar-refractivity contribution in [1.29, 1.82) is 0 Å². The molecule has 24 heavy (non-hydrogen) atoms. The highest BCUT2D eigenvalue weighted by Gasteiger charge is 2.08. The van der Waals surface area contributed by atoms with Crippen LogP contribution < -0.4 is 15.4 Å². The average Bonchev–Trinajstić information content (AvgIpc) is 2.59. The van der Waals surface area contributed by atoms with Crippen LogP contribution in [0.3, 0.4) is 0 Å². The second-order valence-corrected chi connectivity index (χ2v) is 6.11. The van der Waals surface area contributed by atoms with Gasteiger partial charge < -0.3 is 15.4 Å². The van der Waals surface area contributed by atoms with Crippen LogP contribution in [0.5, 0.6) is 5.75 Å². The molecule has 0 aliphatic heterocycles. The molecule has 0 aliphatic carbocycles. The van der Waals surface area contributed by atoms with E-state index in [9.17, 15) is 4.79 Å². The van der Waals surface area contributed by atoms with Crippen LogP contribution >= 0.6 is 0 Å². The Bertz CT molecular complexity index is 641. The van der Waals surface area contributed by atoms with E-state index < -0.39 is 0 Å². The Kier molecular flexibility index (Phi) is 6.67. The summed E-state index contributed by atoms with van der Waals surface area (Å²) in [6, 6.07) is 17.7.